The highest BCUT2D eigenvalue weighted by Crippen LogP contribution is 2.10. The van der Waals surface area contributed by atoms with Crippen molar-refractivity contribution in [2.45, 2.75) is 38.7 Å². The molecule has 5 nitrogen and oxygen atoms in total. The normalized spacial score (nSPS) is 16.8. The van der Waals surface area contributed by atoms with Crippen molar-refractivity contribution in [2.24, 2.45) is 5.92 Å². The van der Waals surface area contributed by atoms with E-state index in [1.165, 1.54) is 6.92 Å². The maximum Gasteiger partial charge on any atom is 0.336 e. The Hall–Kier alpha value is -0.650. The van der Waals surface area contributed by atoms with Crippen LogP contribution in [0.4, 0.5) is 0 Å². The molecular weight excluding hydrogens is 210 g/mol. The number of carbonyl (C=O) groups is 1. The van der Waals surface area contributed by atoms with Gasteiger partial charge in [0.2, 0.25) is 0 Å². The number of carboxylic acid groups (broad SMARTS) is 1. The van der Waals surface area contributed by atoms with Crippen LogP contribution in [0.3, 0.4) is 0 Å². The fourth-order valence-corrected chi connectivity index (χ4v) is 1.53. The van der Waals surface area contributed by atoms with E-state index in [2.05, 4.69) is 12.2 Å². The van der Waals surface area contributed by atoms with Gasteiger partial charge in [0.15, 0.2) is 5.60 Å². The summed E-state index contributed by atoms with van der Waals surface area (Å²) in [4.78, 5) is 10.6. The van der Waals surface area contributed by atoms with Gasteiger partial charge in [-0.1, -0.05) is 13.3 Å². The highest BCUT2D eigenvalue weighted by Gasteiger charge is 2.29. The molecule has 5 heteroatoms. The zero-order chi connectivity index (χ0) is 12.6. The topological polar surface area (TPSA) is 89.8 Å². The molecule has 16 heavy (non-hydrogen) atoms. The van der Waals surface area contributed by atoms with Crippen LogP contribution < -0.4 is 5.32 Å². The van der Waals surface area contributed by atoms with Crippen LogP contribution in [0.15, 0.2) is 0 Å². The van der Waals surface area contributed by atoms with Crippen molar-refractivity contribution < 1.29 is 20.1 Å². The molecule has 0 saturated heterocycles. The van der Waals surface area contributed by atoms with E-state index in [1.807, 2.05) is 0 Å². The molecular formula is C11H23NO4. The molecule has 2 atom stereocenters. The van der Waals surface area contributed by atoms with E-state index in [-0.39, 0.29) is 13.2 Å². The molecule has 0 amide bonds. The van der Waals surface area contributed by atoms with E-state index < -0.39 is 11.6 Å². The Labute approximate surface area is 96.5 Å². The summed E-state index contributed by atoms with van der Waals surface area (Å²) in [6.07, 6.45) is 2.72. The smallest absolute Gasteiger partial charge is 0.336 e. The van der Waals surface area contributed by atoms with Crippen molar-refractivity contribution >= 4 is 5.97 Å². The van der Waals surface area contributed by atoms with Crippen molar-refractivity contribution in [1.29, 1.82) is 0 Å². The first-order valence-corrected chi connectivity index (χ1v) is 5.71. The van der Waals surface area contributed by atoms with Crippen LogP contribution in [0.2, 0.25) is 0 Å². The van der Waals surface area contributed by atoms with Gasteiger partial charge in [-0.2, -0.15) is 0 Å². The highest BCUT2D eigenvalue weighted by molar-refractivity contribution is 5.76. The molecule has 0 bridgehead atoms. The van der Waals surface area contributed by atoms with E-state index >= 15 is 0 Å². The van der Waals surface area contributed by atoms with Gasteiger partial charge in [-0.25, -0.2) is 4.79 Å². The lowest BCUT2D eigenvalue weighted by Crippen LogP contribution is -2.45. The first kappa shape index (κ1) is 15.3. The molecule has 0 aromatic heterocycles. The van der Waals surface area contributed by atoms with E-state index in [9.17, 15) is 9.90 Å². The van der Waals surface area contributed by atoms with Crippen LogP contribution in [0.25, 0.3) is 0 Å². The zero-order valence-electron chi connectivity index (χ0n) is 10.1. The van der Waals surface area contributed by atoms with E-state index in [0.717, 1.165) is 12.8 Å². The second kappa shape index (κ2) is 7.60. The van der Waals surface area contributed by atoms with Gasteiger partial charge in [-0.3, -0.25) is 0 Å². The summed E-state index contributed by atoms with van der Waals surface area (Å²) in [6, 6.07) is 0. The van der Waals surface area contributed by atoms with Gasteiger partial charge in [0.05, 0.1) is 0 Å². The standard InChI is InChI=1S/C11H23NO4/c1-3-4-9(5-6-13)7-12-8-11(2,16)10(14)15/h9,12-13,16H,3-8H2,1-2H3,(H,14,15). The Morgan fingerprint density at radius 3 is 2.50 bits per heavy atom. The van der Waals surface area contributed by atoms with Gasteiger partial charge in [-0.05, 0) is 32.2 Å². The summed E-state index contributed by atoms with van der Waals surface area (Å²) in [5.41, 5.74) is -1.73. The minimum atomic E-state index is -1.73. The Balaban J connectivity index is 3.88. The van der Waals surface area contributed by atoms with Crippen LogP contribution in [0.1, 0.15) is 33.1 Å². The number of carboxylic acids is 1. The SMILES string of the molecule is CCCC(CCO)CNCC(C)(O)C(=O)O. The van der Waals surface area contributed by atoms with Crippen LogP contribution >= 0.6 is 0 Å². The van der Waals surface area contributed by atoms with E-state index in [1.54, 1.807) is 0 Å². The number of nitrogens with one attached hydrogen (secondary N) is 1. The Kier molecular flexibility index (Phi) is 7.29. The minimum Gasteiger partial charge on any atom is -0.479 e. The Morgan fingerprint density at radius 1 is 1.44 bits per heavy atom. The lowest BCUT2D eigenvalue weighted by atomic mass is 9.99. The molecule has 0 aromatic rings. The fraction of sp³-hybridized carbons (Fsp3) is 0.909. The molecule has 0 radical (unpaired) electrons. The molecule has 0 aliphatic rings. The highest BCUT2D eigenvalue weighted by atomic mass is 16.4. The molecule has 0 aromatic carbocycles. The summed E-state index contributed by atoms with van der Waals surface area (Å²) in [5, 5.41) is 29.9. The molecule has 0 aliphatic heterocycles. The average molecular weight is 233 g/mol. The number of rotatable bonds is 9. The van der Waals surface area contributed by atoms with Crippen LogP contribution in [-0.2, 0) is 4.79 Å². The van der Waals surface area contributed by atoms with Crippen molar-refractivity contribution in [3.8, 4) is 0 Å². The third-order valence-corrected chi connectivity index (χ3v) is 2.60. The molecule has 0 aliphatic carbocycles. The number of hydrogen-bond donors (Lipinski definition) is 4. The zero-order valence-corrected chi connectivity index (χ0v) is 10.1. The van der Waals surface area contributed by atoms with Gasteiger partial charge >= 0.3 is 5.97 Å². The summed E-state index contributed by atoms with van der Waals surface area (Å²) in [7, 11) is 0. The third kappa shape index (κ3) is 6.05. The maximum atomic E-state index is 10.6. The summed E-state index contributed by atoms with van der Waals surface area (Å²) in [6.45, 7) is 4.12. The van der Waals surface area contributed by atoms with Crippen molar-refractivity contribution in [1.82, 2.24) is 5.32 Å². The van der Waals surface area contributed by atoms with Crippen LogP contribution in [0, 0.1) is 5.92 Å². The van der Waals surface area contributed by atoms with E-state index in [4.69, 9.17) is 10.2 Å². The van der Waals surface area contributed by atoms with Crippen molar-refractivity contribution in [2.75, 3.05) is 19.7 Å². The molecule has 0 saturated carbocycles. The van der Waals surface area contributed by atoms with Gasteiger partial charge in [-0.15, -0.1) is 0 Å². The molecule has 0 rings (SSSR count). The van der Waals surface area contributed by atoms with Crippen LogP contribution in [0.5, 0.6) is 0 Å². The average Bonchev–Trinajstić information content (AvgIpc) is 2.17. The number of aliphatic hydroxyl groups is 2. The lowest BCUT2D eigenvalue weighted by Gasteiger charge is -2.21. The summed E-state index contributed by atoms with van der Waals surface area (Å²) >= 11 is 0. The Bertz CT molecular complexity index is 200. The van der Waals surface area contributed by atoms with Crippen molar-refractivity contribution in [3.05, 3.63) is 0 Å². The number of aliphatic hydroxyl groups excluding tert-OH is 1. The Morgan fingerprint density at radius 2 is 2.06 bits per heavy atom. The second-order valence-corrected chi connectivity index (χ2v) is 4.38. The van der Waals surface area contributed by atoms with Crippen LogP contribution in [-0.4, -0.2) is 46.6 Å². The number of aliphatic carboxylic acids is 1. The van der Waals surface area contributed by atoms with Gasteiger partial charge in [0.1, 0.15) is 0 Å². The summed E-state index contributed by atoms with van der Waals surface area (Å²) < 4.78 is 0. The van der Waals surface area contributed by atoms with Gasteiger partial charge in [0, 0.05) is 13.2 Å². The molecule has 2 unspecified atom stereocenters. The van der Waals surface area contributed by atoms with E-state index in [0.29, 0.717) is 18.9 Å². The summed E-state index contributed by atoms with van der Waals surface area (Å²) in [5.74, 6) is -0.895. The molecule has 0 heterocycles. The van der Waals surface area contributed by atoms with Gasteiger partial charge < -0.3 is 20.6 Å². The molecule has 96 valence electrons. The second-order valence-electron chi connectivity index (χ2n) is 4.38. The predicted molar refractivity (Wildman–Crippen MR) is 61.2 cm³/mol. The fourth-order valence-electron chi connectivity index (χ4n) is 1.53. The van der Waals surface area contributed by atoms with Crippen molar-refractivity contribution in [3.63, 3.8) is 0 Å². The maximum absolute atomic E-state index is 10.6. The minimum absolute atomic E-state index is 0.0218. The third-order valence-electron chi connectivity index (χ3n) is 2.60. The first-order valence-electron chi connectivity index (χ1n) is 5.71. The molecule has 0 fully saturated rings. The first-order chi connectivity index (χ1) is 7.44. The lowest BCUT2D eigenvalue weighted by molar-refractivity contribution is -0.156. The largest absolute Gasteiger partial charge is 0.479 e. The monoisotopic (exact) mass is 233 g/mol. The quantitative estimate of drug-likeness (QED) is 0.457. The van der Waals surface area contributed by atoms with Gasteiger partial charge in [0.25, 0.3) is 0 Å². The molecule has 4 N–H and O–H groups in total. The predicted octanol–water partition coefficient (Wildman–Crippen LogP) is 0.210. The number of hydrogen-bond acceptors (Lipinski definition) is 4. The molecule has 0 spiro atoms.